The number of methoxy groups -OCH3 is 1. The normalized spacial score (nSPS) is 10.3. The third kappa shape index (κ3) is 4.38. The van der Waals surface area contributed by atoms with Gasteiger partial charge in [-0.3, -0.25) is 9.78 Å². The van der Waals surface area contributed by atoms with Crippen LogP contribution in [-0.2, 0) is 6.42 Å². The molecule has 25 heavy (non-hydrogen) atoms. The van der Waals surface area contributed by atoms with Crippen LogP contribution in [0, 0.1) is 0 Å². The van der Waals surface area contributed by atoms with Gasteiger partial charge in [-0.15, -0.1) is 0 Å². The number of hydrogen-bond acceptors (Lipinski definition) is 5. The molecular formula is C19H18N4O2. The molecule has 1 N–H and O–H groups in total. The molecule has 0 radical (unpaired) electrons. The molecule has 0 unspecified atom stereocenters. The molecule has 0 bridgehead atoms. The van der Waals surface area contributed by atoms with Crippen LogP contribution in [0.5, 0.6) is 5.75 Å². The van der Waals surface area contributed by atoms with E-state index in [-0.39, 0.29) is 5.91 Å². The summed E-state index contributed by atoms with van der Waals surface area (Å²) in [4.78, 5) is 24.6. The van der Waals surface area contributed by atoms with Crippen LogP contribution >= 0.6 is 0 Å². The number of benzene rings is 1. The lowest BCUT2D eigenvalue weighted by Crippen LogP contribution is -2.26. The van der Waals surface area contributed by atoms with E-state index in [0.717, 1.165) is 23.3 Å². The van der Waals surface area contributed by atoms with Crippen LogP contribution in [0.1, 0.15) is 15.9 Å². The maximum atomic E-state index is 12.2. The van der Waals surface area contributed by atoms with Crippen molar-refractivity contribution < 1.29 is 9.53 Å². The van der Waals surface area contributed by atoms with Gasteiger partial charge in [0.2, 0.25) is 0 Å². The zero-order chi connectivity index (χ0) is 17.5. The summed E-state index contributed by atoms with van der Waals surface area (Å²) in [5.41, 5.74) is 2.43. The first kappa shape index (κ1) is 16.6. The average Bonchev–Trinajstić information content (AvgIpc) is 2.69. The fourth-order valence-corrected chi connectivity index (χ4v) is 2.31. The summed E-state index contributed by atoms with van der Waals surface area (Å²) in [7, 11) is 1.64. The summed E-state index contributed by atoms with van der Waals surface area (Å²) >= 11 is 0. The molecular weight excluding hydrogens is 316 g/mol. The monoisotopic (exact) mass is 334 g/mol. The fourth-order valence-electron chi connectivity index (χ4n) is 2.31. The molecule has 0 saturated carbocycles. The Balaban J connectivity index is 1.54. The molecule has 3 aromatic rings. The number of amides is 1. The van der Waals surface area contributed by atoms with E-state index in [1.54, 1.807) is 19.5 Å². The first-order valence-corrected chi connectivity index (χ1v) is 7.90. The Morgan fingerprint density at radius 1 is 1.04 bits per heavy atom. The molecule has 6 nitrogen and oxygen atoms in total. The third-order valence-corrected chi connectivity index (χ3v) is 3.71. The van der Waals surface area contributed by atoms with Gasteiger partial charge in [-0.25, -0.2) is 9.97 Å². The molecule has 1 amide bonds. The van der Waals surface area contributed by atoms with E-state index in [4.69, 9.17) is 4.74 Å². The van der Waals surface area contributed by atoms with Gasteiger partial charge in [0, 0.05) is 36.9 Å². The third-order valence-electron chi connectivity index (χ3n) is 3.71. The second kappa shape index (κ2) is 8.01. The minimum atomic E-state index is -0.185. The lowest BCUT2D eigenvalue weighted by Gasteiger charge is -2.06. The number of rotatable bonds is 6. The Labute approximate surface area is 145 Å². The van der Waals surface area contributed by atoms with Crippen molar-refractivity contribution >= 4 is 5.91 Å². The van der Waals surface area contributed by atoms with Crippen molar-refractivity contribution in [2.24, 2.45) is 0 Å². The van der Waals surface area contributed by atoms with Gasteiger partial charge in [-0.2, -0.15) is 0 Å². The van der Waals surface area contributed by atoms with Gasteiger partial charge < -0.3 is 10.1 Å². The van der Waals surface area contributed by atoms with Crippen molar-refractivity contribution in [3.63, 3.8) is 0 Å². The van der Waals surface area contributed by atoms with Gasteiger partial charge in [-0.05, 0) is 36.2 Å². The minimum absolute atomic E-state index is 0.185. The Kier molecular flexibility index (Phi) is 5.31. The maximum Gasteiger partial charge on any atom is 0.254 e. The Hall–Kier alpha value is -3.28. The van der Waals surface area contributed by atoms with Gasteiger partial charge in [0.05, 0.1) is 12.7 Å². The number of aromatic nitrogens is 3. The van der Waals surface area contributed by atoms with E-state index < -0.39 is 0 Å². The molecule has 0 aliphatic heterocycles. The van der Waals surface area contributed by atoms with E-state index in [9.17, 15) is 4.79 Å². The molecule has 1 aromatic carbocycles. The average molecular weight is 334 g/mol. The summed E-state index contributed by atoms with van der Waals surface area (Å²) in [6, 6.07) is 11.4. The number of nitrogens with zero attached hydrogens (tertiary/aromatic N) is 3. The van der Waals surface area contributed by atoms with Crippen LogP contribution in [-0.4, -0.2) is 34.5 Å². The zero-order valence-corrected chi connectivity index (χ0v) is 13.8. The number of ether oxygens (including phenoxy) is 1. The number of pyridine rings is 1. The molecule has 2 heterocycles. The molecule has 3 rings (SSSR count). The highest BCUT2D eigenvalue weighted by Crippen LogP contribution is 2.13. The van der Waals surface area contributed by atoms with Crippen LogP contribution in [0.25, 0.3) is 11.4 Å². The molecule has 0 aliphatic rings. The molecule has 0 saturated heterocycles. The first-order chi connectivity index (χ1) is 12.3. The highest BCUT2D eigenvalue weighted by Gasteiger charge is 2.07. The molecule has 0 fully saturated rings. The van der Waals surface area contributed by atoms with E-state index >= 15 is 0 Å². The van der Waals surface area contributed by atoms with Crippen molar-refractivity contribution in [2.75, 3.05) is 13.7 Å². The standard InChI is InChI=1S/C19H18N4O2/c1-25-17-4-2-14(3-5-17)6-11-21-19(24)16-12-22-18(23-13-16)15-7-9-20-10-8-15/h2-5,7-10,12-13H,6,11H2,1H3,(H,21,24). The number of hydrogen-bond donors (Lipinski definition) is 1. The van der Waals surface area contributed by atoms with E-state index in [1.807, 2.05) is 36.4 Å². The Morgan fingerprint density at radius 3 is 2.36 bits per heavy atom. The molecule has 6 heteroatoms. The first-order valence-electron chi connectivity index (χ1n) is 7.90. The predicted molar refractivity (Wildman–Crippen MR) is 94.3 cm³/mol. The summed E-state index contributed by atoms with van der Waals surface area (Å²) in [6.45, 7) is 0.539. The highest BCUT2D eigenvalue weighted by atomic mass is 16.5. The van der Waals surface area contributed by atoms with Crippen molar-refractivity contribution in [3.05, 3.63) is 72.3 Å². The van der Waals surface area contributed by atoms with Gasteiger partial charge in [0.1, 0.15) is 5.75 Å². The van der Waals surface area contributed by atoms with E-state index in [0.29, 0.717) is 17.9 Å². The van der Waals surface area contributed by atoms with E-state index in [1.165, 1.54) is 12.4 Å². The summed E-state index contributed by atoms with van der Waals surface area (Å²) in [5.74, 6) is 1.20. The van der Waals surface area contributed by atoms with Gasteiger partial charge in [-0.1, -0.05) is 12.1 Å². The molecule has 0 atom stereocenters. The minimum Gasteiger partial charge on any atom is -0.497 e. The zero-order valence-electron chi connectivity index (χ0n) is 13.8. The van der Waals surface area contributed by atoms with Crippen LogP contribution in [0.3, 0.4) is 0 Å². The fraction of sp³-hybridized carbons (Fsp3) is 0.158. The largest absolute Gasteiger partial charge is 0.497 e. The summed E-state index contributed by atoms with van der Waals surface area (Å²) in [5, 5.41) is 2.88. The summed E-state index contributed by atoms with van der Waals surface area (Å²) in [6.07, 6.45) is 7.17. The lowest BCUT2D eigenvalue weighted by atomic mass is 10.1. The van der Waals surface area contributed by atoms with Crippen molar-refractivity contribution in [1.29, 1.82) is 0 Å². The summed E-state index contributed by atoms with van der Waals surface area (Å²) < 4.78 is 5.12. The molecule has 0 aliphatic carbocycles. The topological polar surface area (TPSA) is 77.0 Å². The predicted octanol–water partition coefficient (Wildman–Crippen LogP) is 2.52. The van der Waals surface area contributed by atoms with Gasteiger partial charge in [0.25, 0.3) is 5.91 Å². The highest BCUT2D eigenvalue weighted by molar-refractivity contribution is 5.93. The second-order valence-corrected chi connectivity index (χ2v) is 5.39. The maximum absolute atomic E-state index is 12.2. The van der Waals surface area contributed by atoms with Gasteiger partial charge in [0.15, 0.2) is 5.82 Å². The lowest BCUT2D eigenvalue weighted by molar-refractivity contribution is 0.0953. The van der Waals surface area contributed by atoms with Crippen molar-refractivity contribution in [1.82, 2.24) is 20.3 Å². The van der Waals surface area contributed by atoms with Crippen LogP contribution in [0.4, 0.5) is 0 Å². The number of nitrogens with one attached hydrogen (secondary N) is 1. The molecule has 126 valence electrons. The molecule has 0 spiro atoms. The van der Waals surface area contributed by atoms with Crippen molar-refractivity contribution in [3.8, 4) is 17.1 Å². The molecule has 2 aromatic heterocycles. The van der Waals surface area contributed by atoms with Crippen LogP contribution < -0.4 is 10.1 Å². The van der Waals surface area contributed by atoms with Crippen LogP contribution in [0.2, 0.25) is 0 Å². The Bertz CT molecular complexity index is 818. The van der Waals surface area contributed by atoms with Crippen molar-refractivity contribution in [2.45, 2.75) is 6.42 Å². The smallest absolute Gasteiger partial charge is 0.254 e. The SMILES string of the molecule is COc1ccc(CCNC(=O)c2cnc(-c3ccncc3)nc2)cc1. The number of carbonyl (C=O) groups is 1. The second-order valence-electron chi connectivity index (χ2n) is 5.39. The van der Waals surface area contributed by atoms with Gasteiger partial charge >= 0.3 is 0 Å². The quantitative estimate of drug-likeness (QED) is 0.749. The Morgan fingerprint density at radius 2 is 1.72 bits per heavy atom. The van der Waals surface area contributed by atoms with E-state index in [2.05, 4.69) is 20.3 Å². The van der Waals surface area contributed by atoms with Crippen LogP contribution in [0.15, 0.2) is 61.2 Å². The number of carbonyl (C=O) groups excluding carboxylic acids is 1.